The second-order valence-corrected chi connectivity index (χ2v) is 14.4. The Morgan fingerprint density at radius 1 is 0.310 bits per heavy atom. The van der Waals surface area contributed by atoms with E-state index in [0.717, 1.165) is 0 Å². The van der Waals surface area contributed by atoms with E-state index in [0.29, 0.717) is 17.8 Å². The predicted molar refractivity (Wildman–Crippen MR) is 193 cm³/mol. The van der Waals surface area contributed by atoms with Gasteiger partial charge < -0.3 is 0 Å². The van der Waals surface area contributed by atoms with Crippen LogP contribution in [-0.4, -0.2) is 0 Å². The largest absolute Gasteiger partial charge is 0.0654 e. The lowest BCUT2D eigenvalue weighted by atomic mass is 9.84. The van der Waals surface area contributed by atoms with Gasteiger partial charge in [0.1, 0.15) is 0 Å². The standard InChI is InChI=1S/C42H78/c1-7-10-13-16-19-22-25-28-31-37(4)40-34-41(38(5)32-29-26-23-20-17-14-11-8-2)36-42(35-40)39(6)33-30-27-24-21-18-15-12-9-3/h34-39H,7-33H2,1-6H3. The fraction of sp³-hybridized carbons (Fsp3) is 0.857. The third-order valence-corrected chi connectivity index (χ3v) is 10.2. The number of unbranched alkanes of at least 4 members (excludes halogenated alkanes) is 21. The molecule has 0 aromatic heterocycles. The summed E-state index contributed by atoms with van der Waals surface area (Å²) >= 11 is 0. The Kier molecular flexibility index (Phi) is 25.9. The predicted octanol–water partition coefficient (Wildman–Crippen LogP) is 15.6. The molecule has 0 aliphatic carbocycles. The lowest BCUT2D eigenvalue weighted by Gasteiger charge is -2.21. The van der Waals surface area contributed by atoms with Gasteiger partial charge in [-0.25, -0.2) is 0 Å². The van der Waals surface area contributed by atoms with Gasteiger partial charge in [-0.05, 0) is 53.7 Å². The van der Waals surface area contributed by atoms with Crippen LogP contribution in [0.4, 0.5) is 0 Å². The smallest absolute Gasteiger partial charge is 0.0190 e. The van der Waals surface area contributed by atoms with Crippen LogP contribution in [0.25, 0.3) is 0 Å². The quantitative estimate of drug-likeness (QED) is 0.0791. The Labute approximate surface area is 267 Å². The molecular weight excluding hydrogens is 504 g/mol. The second-order valence-electron chi connectivity index (χ2n) is 14.4. The summed E-state index contributed by atoms with van der Waals surface area (Å²) in [4.78, 5) is 0. The Morgan fingerprint density at radius 3 is 0.714 bits per heavy atom. The molecule has 0 nitrogen and oxygen atoms in total. The van der Waals surface area contributed by atoms with Crippen LogP contribution in [-0.2, 0) is 0 Å². The van der Waals surface area contributed by atoms with Gasteiger partial charge in [0.25, 0.3) is 0 Å². The maximum absolute atomic E-state index is 2.62. The van der Waals surface area contributed by atoms with Gasteiger partial charge in [0.15, 0.2) is 0 Å². The molecular formula is C42H78. The summed E-state index contributed by atoms with van der Waals surface area (Å²) in [5.74, 6) is 2.07. The first-order valence-electron chi connectivity index (χ1n) is 19.7. The van der Waals surface area contributed by atoms with Crippen LogP contribution >= 0.6 is 0 Å². The summed E-state index contributed by atoms with van der Waals surface area (Å²) in [7, 11) is 0. The minimum absolute atomic E-state index is 0.689. The zero-order chi connectivity index (χ0) is 30.7. The molecule has 1 aromatic carbocycles. The molecule has 0 N–H and O–H groups in total. The molecule has 0 heterocycles. The van der Waals surface area contributed by atoms with E-state index in [2.05, 4.69) is 59.7 Å². The van der Waals surface area contributed by atoms with Crippen LogP contribution < -0.4 is 0 Å². The van der Waals surface area contributed by atoms with Crippen molar-refractivity contribution in [2.45, 2.75) is 233 Å². The molecule has 3 atom stereocenters. The first-order chi connectivity index (χ1) is 20.5. The van der Waals surface area contributed by atoms with E-state index in [1.807, 2.05) is 0 Å². The zero-order valence-electron chi connectivity index (χ0n) is 30.1. The average molecular weight is 583 g/mol. The van der Waals surface area contributed by atoms with Gasteiger partial charge >= 0.3 is 0 Å². The van der Waals surface area contributed by atoms with Crippen molar-refractivity contribution in [3.63, 3.8) is 0 Å². The Bertz CT molecular complexity index is 594. The third kappa shape index (κ3) is 20.2. The molecule has 0 saturated carbocycles. The number of hydrogen-bond donors (Lipinski definition) is 0. The number of hydrogen-bond acceptors (Lipinski definition) is 0. The van der Waals surface area contributed by atoms with Gasteiger partial charge in [0.2, 0.25) is 0 Å². The molecule has 1 aromatic rings. The molecule has 246 valence electrons. The van der Waals surface area contributed by atoms with Crippen molar-refractivity contribution in [3.05, 3.63) is 34.9 Å². The first kappa shape index (κ1) is 39.2. The normalized spacial score (nSPS) is 13.9. The summed E-state index contributed by atoms with van der Waals surface area (Å²) in [6.07, 6.45) is 38.2. The summed E-state index contributed by atoms with van der Waals surface area (Å²) < 4.78 is 0. The van der Waals surface area contributed by atoms with Crippen LogP contribution in [0.5, 0.6) is 0 Å². The van der Waals surface area contributed by atoms with E-state index in [1.54, 1.807) is 16.7 Å². The summed E-state index contributed by atoms with van der Waals surface area (Å²) in [6, 6.07) is 7.87. The van der Waals surface area contributed by atoms with E-state index < -0.39 is 0 Å². The van der Waals surface area contributed by atoms with E-state index in [9.17, 15) is 0 Å². The van der Waals surface area contributed by atoms with Gasteiger partial charge in [-0.2, -0.15) is 0 Å². The van der Waals surface area contributed by atoms with E-state index in [1.165, 1.54) is 173 Å². The van der Waals surface area contributed by atoms with Crippen molar-refractivity contribution in [2.75, 3.05) is 0 Å². The Hall–Kier alpha value is -0.780. The summed E-state index contributed by atoms with van der Waals surface area (Å²) in [5, 5.41) is 0. The molecule has 0 fully saturated rings. The SMILES string of the molecule is CCCCCCCCCCC(C)c1cc(C(C)CCCCCCCCCC)cc(C(C)CCCCCCCCCC)c1. The highest BCUT2D eigenvalue weighted by Gasteiger charge is 2.15. The minimum atomic E-state index is 0.689. The maximum Gasteiger partial charge on any atom is -0.0190 e. The fourth-order valence-corrected chi connectivity index (χ4v) is 6.81. The first-order valence-corrected chi connectivity index (χ1v) is 19.7. The molecule has 0 heteroatoms. The molecule has 0 saturated heterocycles. The molecule has 1 rings (SSSR count). The van der Waals surface area contributed by atoms with E-state index in [-0.39, 0.29) is 0 Å². The van der Waals surface area contributed by atoms with Crippen LogP contribution in [0.15, 0.2) is 18.2 Å². The van der Waals surface area contributed by atoms with Crippen molar-refractivity contribution in [3.8, 4) is 0 Å². The molecule has 0 bridgehead atoms. The lowest BCUT2D eigenvalue weighted by Crippen LogP contribution is -2.04. The Morgan fingerprint density at radius 2 is 0.500 bits per heavy atom. The van der Waals surface area contributed by atoms with Crippen molar-refractivity contribution in [2.24, 2.45) is 0 Å². The van der Waals surface area contributed by atoms with E-state index in [4.69, 9.17) is 0 Å². The van der Waals surface area contributed by atoms with E-state index >= 15 is 0 Å². The van der Waals surface area contributed by atoms with Crippen molar-refractivity contribution in [1.82, 2.24) is 0 Å². The van der Waals surface area contributed by atoms with Crippen LogP contribution in [0, 0.1) is 0 Å². The summed E-state index contributed by atoms with van der Waals surface area (Å²) in [5.41, 5.74) is 4.91. The summed E-state index contributed by atoms with van der Waals surface area (Å²) in [6.45, 7) is 14.5. The highest BCUT2D eigenvalue weighted by molar-refractivity contribution is 5.35. The molecule has 0 radical (unpaired) electrons. The molecule has 0 amide bonds. The number of rotatable bonds is 30. The van der Waals surface area contributed by atoms with Gasteiger partial charge in [0.05, 0.1) is 0 Å². The fourth-order valence-electron chi connectivity index (χ4n) is 6.81. The third-order valence-electron chi connectivity index (χ3n) is 10.2. The van der Waals surface area contributed by atoms with Gasteiger partial charge in [0, 0.05) is 0 Å². The van der Waals surface area contributed by atoms with Gasteiger partial charge in [-0.1, -0.05) is 214 Å². The lowest BCUT2D eigenvalue weighted by molar-refractivity contribution is 0.534. The van der Waals surface area contributed by atoms with Crippen LogP contribution in [0.2, 0.25) is 0 Å². The monoisotopic (exact) mass is 583 g/mol. The maximum atomic E-state index is 2.62. The minimum Gasteiger partial charge on any atom is -0.0654 e. The highest BCUT2D eigenvalue weighted by Crippen LogP contribution is 2.33. The average Bonchev–Trinajstić information content (AvgIpc) is 3.00. The molecule has 0 aliphatic heterocycles. The topological polar surface area (TPSA) is 0 Å². The van der Waals surface area contributed by atoms with Crippen molar-refractivity contribution >= 4 is 0 Å². The number of benzene rings is 1. The van der Waals surface area contributed by atoms with Crippen molar-refractivity contribution in [1.29, 1.82) is 0 Å². The van der Waals surface area contributed by atoms with Crippen LogP contribution in [0.1, 0.15) is 249 Å². The van der Waals surface area contributed by atoms with Gasteiger partial charge in [-0.15, -0.1) is 0 Å². The van der Waals surface area contributed by atoms with Crippen LogP contribution in [0.3, 0.4) is 0 Å². The molecule has 0 spiro atoms. The highest BCUT2D eigenvalue weighted by atomic mass is 14.2. The van der Waals surface area contributed by atoms with Gasteiger partial charge in [-0.3, -0.25) is 0 Å². The molecule has 42 heavy (non-hydrogen) atoms. The molecule has 3 unspecified atom stereocenters. The zero-order valence-corrected chi connectivity index (χ0v) is 30.1. The molecule has 0 aliphatic rings. The second kappa shape index (κ2) is 27.7. The Balaban J connectivity index is 2.65. The van der Waals surface area contributed by atoms with Crippen molar-refractivity contribution < 1.29 is 0 Å².